The molecule has 154 valence electrons. The number of aromatic nitrogens is 3. The van der Waals surface area contributed by atoms with Crippen LogP contribution in [0.3, 0.4) is 0 Å². The van der Waals surface area contributed by atoms with Gasteiger partial charge in [-0.25, -0.2) is 19.6 Å². The molecular weight excluding hydrogens is 386 g/mol. The first-order valence-corrected chi connectivity index (χ1v) is 9.56. The molecule has 2 aromatic heterocycles. The molecule has 0 aliphatic carbocycles. The van der Waals surface area contributed by atoms with E-state index in [1.54, 1.807) is 12.1 Å². The van der Waals surface area contributed by atoms with Crippen molar-refractivity contribution in [2.75, 3.05) is 31.1 Å². The average molecular weight is 407 g/mol. The van der Waals surface area contributed by atoms with E-state index < -0.39 is 11.9 Å². The van der Waals surface area contributed by atoms with E-state index in [-0.39, 0.29) is 11.3 Å². The van der Waals surface area contributed by atoms with Crippen molar-refractivity contribution in [3.8, 4) is 0 Å². The van der Waals surface area contributed by atoms with Gasteiger partial charge in [0, 0.05) is 32.3 Å². The quantitative estimate of drug-likeness (QED) is 0.529. The number of carbonyl (C=O) groups is 2. The van der Waals surface area contributed by atoms with Gasteiger partial charge in [0.25, 0.3) is 0 Å². The van der Waals surface area contributed by atoms with Gasteiger partial charge < -0.3 is 20.1 Å². The number of aromatic amines is 1. The van der Waals surface area contributed by atoms with E-state index in [4.69, 9.17) is 5.11 Å². The lowest BCUT2D eigenvalue weighted by Gasteiger charge is -2.35. The smallest absolute Gasteiger partial charge is 0.338 e. The second-order valence-corrected chi connectivity index (χ2v) is 7.05. The van der Waals surface area contributed by atoms with E-state index in [0.29, 0.717) is 11.9 Å². The lowest BCUT2D eigenvalue weighted by Crippen LogP contribution is -2.46. The summed E-state index contributed by atoms with van der Waals surface area (Å²) in [5.74, 6) is -1.08. The van der Waals surface area contributed by atoms with Gasteiger partial charge in [-0.1, -0.05) is 18.2 Å². The van der Waals surface area contributed by atoms with Crippen LogP contribution in [0.15, 0.2) is 48.5 Å². The van der Waals surface area contributed by atoms with Crippen molar-refractivity contribution >= 4 is 34.4 Å². The number of aliphatic carboxylic acids is 2. The van der Waals surface area contributed by atoms with Crippen molar-refractivity contribution in [3.63, 3.8) is 0 Å². The summed E-state index contributed by atoms with van der Waals surface area (Å²) in [6.45, 7) is 3.78. The van der Waals surface area contributed by atoms with Crippen LogP contribution in [0.5, 0.6) is 0 Å². The van der Waals surface area contributed by atoms with Crippen LogP contribution in [0.4, 0.5) is 5.82 Å². The van der Waals surface area contributed by atoms with Crippen LogP contribution in [0.1, 0.15) is 11.5 Å². The van der Waals surface area contributed by atoms with Gasteiger partial charge in [-0.2, -0.15) is 0 Å². The van der Waals surface area contributed by atoms with E-state index in [2.05, 4.69) is 24.8 Å². The third kappa shape index (κ3) is 4.31. The zero-order chi connectivity index (χ0) is 21.1. The minimum Gasteiger partial charge on any atom is -0.478 e. The summed E-state index contributed by atoms with van der Waals surface area (Å²) >= 11 is 0. The second-order valence-electron chi connectivity index (χ2n) is 7.05. The standard InChI is InChI=1S/C21H21N5O4/c27-20(28)12-14(21(29)30)15-6-3-7-19(24-15)26-10-8-25(9-11-26)13-18-22-16-4-1-2-5-17(16)23-18/h1-7,12H,8-11,13H2,(H,22,23)(H,27,28)(H,29,30)/b14-12-. The largest absolute Gasteiger partial charge is 0.478 e. The molecule has 0 unspecified atom stereocenters. The molecular formula is C21H21N5O4. The van der Waals surface area contributed by atoms with Crippen LogP contribution in [-0.2, 0) is 16.1 Å². The van der Waals surface area contributed by atoms with Crippen LogP contribution in [0, 0.1) is 0 Å². The highest BCUT2D eigenvalue weighted by Gasteiger charge is 2.21. The van der Waals surface area contributed by atoms with Gasteiger partial charge in [-0.3, -0.25) is 4.90 Å². The van der Waals surface area contributed by atoms with Crippen LogP contribution >= 0.6 is 0 Å². The average Bonchev–Trinajstić information content (AvgIpc) is 3.14. The van der Waals surface area contributed by atoms with Gasteiger partial charge in [0.2, 0.25) is 0 Å². The molecule has 0 saturated carbocycles. The second kappa shape index (κ2) is 8.34. The molecule has 1 aliphatic rings. The Labute approximate surface area is 172 Å². The predicted octanol–water partition coefficient (Wildman–Crippen LogP) is 1.83. The highest BCUT2D eigenvalue weighted by atomic mass is 16.4. The van der Waals surface area contributed by atoms with Gasteiger partial charge >= 0.3 is 11.9 Å². The number of piperazine rings is 1. The lowest BCUT2D eigenvalue weighted by molar-refractivity contribution is -0.133. The third-order valence-electron chi connectivity index (χ3n) is 5.02. The van der Waals surface area contributed by atoms with E-state index in [9.17, 15) is 14.7 Å². The van der Waals surface area contributed by atoms with E-state index >= 15 is 0 Å². The zero-order valence-corrected chi connectivity index (χ0v) is 16.2. The lowest BCUT2D eigenvalue weighted by atomic mass is 10.1. The first-order chi connectivity index (χ1) is 14.5. The number of fused-ring (bicyclic) bond motifs is 1. The van der Waals surface area contributed by atoms with Crippen molar-refractivity contribution < 1.29 is 19.8 Å². The van der Waals surface area contributed by atoms with Crippen molar-refractivity contribution in [2.45, 2.75) is 6.54 Å². The summed E-state index contributed by atoms with van der Waals surface area (Å²) in [5.41, 5.74) is 1.77. The molecule has 9 heteroatoms. The fourth-order valence-corrected chi connectivity index (χ4v) is 3.55. The molecule has 9 nitrogen and oxygen atoms in total. The van der Waals surface area contributed by atoms with E-state index in [1.165, 1.54) is 6.07 Å². The van der Waals surface area contributed by atoms with Crippen LogP contribution in [0.25, 0.3) is 16.6 Å². The summed E-state index contributed by atoms with van der Waals surface area (Å²) in [4.78, 5) is 39.0. The number of hydrogen-bond acceptors (Lipinski definition) is 6. The Balaban J connectivity index is 1.42. The Bertz CT molecular complexity index is 1080. The molecule has 1 aromatic carbocycles. The summed E-state index contributed by atoms with van der Waals surface area (Å²) in [6.07, 6.45) is 0.666. The summed E-state index contributed by atoms with van der Waals surface area (Å²) < 4.78 is 0. The molecule has 3 heterocycles. The maximum atomic E-state index is 11.4. The molecule has 1 aliphatic heterocycles. The Morgan fingerprint density at radius 2 is 1.77 bits per heavy atom. The van der Waals surface area contributed by atoms with Gasteiger partial charge in [0.15, 0.2) is 0 Å². The third-order valence-corrected chi connectivity index (χ3v) is 5.02. The molecule has 30 heavy (non-hydrogen) atoms. The van der Waals surface area contributed by atoms with Gasteiger partial charge in [-0.05, 0) is 24.3 Å². The van der Waals surface area contributed by atoms with Crippen molar-refractivity contribution in [1.82, 2.24) is 19.9 Å². The number of carboxylic acids is 2. The number of para-hydroxylation sites is 2. The number of pyridine rings is 1. The number of benzene rings is 1. The number of hydrogen-bond donors (Lipinski definition) is 3. The fraction of sp³-hybridized carbons (Fsp3) is 0.238. The fourth-order valence-electron chi connectivity index (χ4n) is 3.55. The summed E-state index contributed by atoms with van der Waals surface area (Å²) in [7, 11) is 0. The van der Waals surface area contributed by atoms with Crippen molar-refractivity contribution in [3.05, 3.63) is 60.1 Å². The number of H-pyrrole nitrogens is 1. The number of carboxylic acid groups (broad SMARTS) is 2. The molecule has 0 atom stereocenters. The maximum absolute atomic E-state index is 11.4. The Kier molecular flexibility index (Phi) is 5.44. The van der Waals surface area contributed by atoms with E-state index in [1.807, 2.05) is 24.3 Å². The zero-order valence-electron chi connectivity index (χ0n) is 16.2. The number of nitrogens with one attached hydrogen (secondary N) is 1. The molecule has 0 spiro atoms. The van der Waals surface area contributed by atoms with Crippen molar-refractivity contribution in [1.29, 1.82) is 0 Å². The number of imidazole rings is 1. The highest BCUT2D eigenvalue weighted by molar-refractivity contribution is 6.18. The number of anilines is 1. The van der Waals surface area contributed by atoms with Gasteiger partial charge in [0.05, 0.1) is 28.8 Å². The maximum Gasteiger partial charge on any atom is 0.338 e. The summed E-state index contributed by atoms with van der Waals surface area (Å²) in [6, 6.07) is 12.9. The Hall–Kier alpha value is -3.72. The number of rotatable bonds is 6. The van der Waals surface area contributed by atoms with Crippen LogP contribution < -0.4 is 4.90 Å². The molecule has 0 amide bonds. The number of nitrogens with zero attached hydrogens (tertiary/aromatic N) is 4. The molecule has 1 saturated heterocycles. The minimum absolute atomic E-state index is 0.132. The summed E-state index contributed by atoms with van der Waals surface area (Å²) in [5, 5.41) is 18.2. The first-order valence-electron chi connectivity index (χ1n) is 9.56. The normalized spacial score (nSPS) is 15.5. The molecule has 0 bridgehead atoms. The minimum atomic E-state index is -1.32. The van der Waals surface area contributed by atoms with Gasteiger partial charge in [-0.15, -0.1) is 0 Å². The molecule has 4 rings (SSSR count). The van der Waals surface area contributed by atoms with Crippen LogP contribution in [-0.4, -0.2) is 68.2 Å². The SMILES string of the molecule is O=C(O)/C=C(\C(=O)O)c1cccc(N2CCN(Cc3nc4ccccc4[nH]3)CC2)n1. The molecule has 0 radical (unpaired) electrons. The predicted molar refractivity (Wildman–Crippen MR) is 111 cm³/mol. The topological polar surface area (TPSA) is 123 Å². The van der Waals surface area contributed by atoms with Crippen molar-refractivity contribution in [2.24, 2.45) is 0 Å². The molecule has 1 fully saturated rings. The van der Waals surface area contributed by atoms with E-state index in [0.717, 1.165) is 49.6 Å². The molecule has 3 N–H and O–H groups in total. The Morgan fingerprint density at radius 1 is 1.00 bits per heavy atom. The van der Waals surface area contributed by atoms with Crippen LogP contribution in [0.2, 0.25) is 0 Å². The van der Waals surface area contributed by atoms with Gasteiger partial charge in [0.1, 0.15) is 11.6 Å². The first kappa shape index (κ1) is 19.6. The highest BCUT2D eigenvalue weighted by Crippen LogP contribution is 2.20. The molecule has 3 aromatic rings. The Morgan fingerprint density at radius 3 is 2.47 bits per heavy atom. The monoisotopic (exact) mass is 407 g/mol.